The van der Waals surface area contributed by atoms with Gasteiger partial charge in [-0.1, -0.05) is 0 Å². The highest BCUT2D eigenvalue weighted by molar-refractivity contribution is 5.38. The fourth-order valence-corrected chi connectivity index (χ4v) is 0.395. The summed E-state index contributed by atoms with van der Waals surface area (Å²) in [5, 5.41) is 0. The molecule has 5 heteroatoms. The summed E-state index contributed by atoms with van der Waals surface area (Å²) in [7, 11) is 0. The molecular formula is C4H4FN3O. The Morgan fingerprint density at radius 3 is 2.56 bits per heavy atom. The smallest absolute Gasteiger partial charge is 0.305 e. The third-order valence-corrected chi connectivity index (χ3v) is 0.764. The lowest BCUT2D eigenvalue weighted by Gasteiger charge is -1.92. The lowest BCUT2D eigenvalue weighted by Crippen LogP contribution is -1.94. The van der Waals surface area contributed by atoms with Gasteiger partial charge in [0.05, 0.1) is 0 Å². The summed E-state index contributed by atoms with van der Waals surface area (Å²) >= 11 is 0. The summed E-state index contributed by atoms with van der Waals surface area (Å²) in [5.74, 6) is -0.350. The number of nitrogens with zero attached hydrogens (tertiary/aromatic N) is 2. The van der Waals surface area contributed by atoms with E-state index < -0.39 is 0 Å². The summed E-state index contributed by atoms with van der Waals surface area (Å²) in [4.78, 5) is 10.2. The zero-order chi connectivity index (χ0) is 6.69. The van der Waals surface area contributed by atoms with E-state index in [1.54, 1.807) is 0 Å². The largest absolute Gasteiger partial charge is 0.379 e. The molecule has 0 fully saturated rings. The van der Waals surface area contributed by atoms with Gasteiger partial charge in [-0.05, 0) is 0 Å². The number of hydrogen-bond acceptors (Lipinski definition) is 4. The van der Waals surface area contributed by atoms with Crippen LogP contribution in [0.5, 0.6) is 5.88 Å². The highest BCUT2D eigenvalue weighted by atomic mass is 19.3. The number of hydrogen-bond donors (Lipinski definition) is 1. The second-order valence-corrected chi connectivity index (χ2v) is 1.32. The van der Waals surface area contributed by atoms with Gasteiger partial charge in [0.2, 0.25) is 0 Å². The first kappa shape index (κ1) is 5.74. The number of anilines is 1. The van der Waals surface area contributed by atoms with E-state index in [0.717, 1.165) is 0 Å². The molecule has 0 aliphatic carbocycles. The van der Waals surface area contributed by atoms with Crippen LogP contribution in [0, 0.1) is 0 Å². The molecule has 2 N–H and O–H groups in total. The molecule has 0 saturated carbocycles. The summed E-state index contributed by atoms with van der Waals surface area (Å²) in [6.07, 6.45) is 2.63. The van der Waals surface area contributed by atoms with Crippen molar-refractivity contribution in [1.29, 1.82) is 0 Å². The molecular weight excluding hydrogens is 125 g/mol. The Morgan fingerprint density at radius 1 is 1.44 bits per heavy atom. The van der Waals surface area contributed by atoms with Crippen LogP contribution in [-0.4, -0.2) is 9.97 Å². The number of halogens is 1. The van der Waals surface area contributed by atoms with Crippen LogP contribution in [0.2, 0.25) is 0 Å². The van der Waals surface area contributed by atoms with E-state index in [4.69, 9.17) is 5.73 Å². The van der Waals surface area contributed by atoms with Gasteiger partial charge in [0, 0.05) is 16.9 Å². The fraction of sp³-hybridized carbons (Fsp3) is 0. The van der Waals surface area contributed by atoms with Crippen molar-refractivity contribution in [2.45, 2.75) is 0 Å². The summed E-state index contributed by atoms with van der Waals surface area (Å²) in [5.41, 5.74) is 5.09. The van der Waals surface area contributed by atoms with Crippen molar-refractivity contribution in [2.24, 2.45) is 0 Å². The van der Waals surface area contributed by atoms with Gasteiger partial charge in [-0.3, -0.25) is 4.94 Å². The molecule has 48 valence electrons. The minimum absolute atomic E-state index is 0.0556. The third-order valence-electron chi connectivity index (χ3n) is 0.764. The average molecular weight is 129 g/mol. The van der Waals surface area contributed by atoms with Crippen molar-refractivity contribution in [2.75, 3.05) is 5.73 Å². The Kier molecular flexibility index (Phi) is 1.44. The molecule has 0 saturated heterocycles. The Morgan fingerprint density at radius 2 is 2.11 bits per heavy atom. The zero-order valence-electron chi connectivity index (χ0n) is 4.41. The Bertz CT molecular complexity index is 205. The van der Waals surface area contributed by atoms with Crippen LogP contribution in [0.25, 0.3) is 0 Å². The maximum Gasteiger partial charge on any atom is 0.305 e. The SMILES string of the molecule is Nc1nccnc1OF. The normalized spacial score (nSPS) is 9.00. The Hall–Kier alpha value is -1.39. The van der Waals surface area contributed by atoms with Gasteiger partial charge in [0.15, 0.2) is 5.82 Å². The van der Waals surface area contributed by atoms with Gasteiger partial charge < -0.3 is 5.73 Å². The van der Waals surface area contributed by atoms with Crippen molar-refractivity contribution < 1.29 is 9.47 Å². The second-order valence-electron chi connectivity index (χ2n) is 1.32. The lowest BCUT2D eigenvalue weighted by atomic mass is 10.6. The predicted octanol–water partition coefficient (Wildman–Crippen LogP) is 0.322. The van der Waals surface area contributed by atoms with Gasteiger partial charge in [-0.2, -0.15) is 0 Å². The van der Waals surface area contributed by atoms with Gasteiger partial charge in [-0.15, -0.1) is 0 Å². The molecule has 0 spiro atoms. The molecule has 0 aliphatic rings. The zero-order valence-corrected chi connectivity index (χ0v) is 4.41. The van der Waals surface area contributed by atoms with Gasteiger partial charge >= 0.3 is 5.88 Å². The first-order valence-electron chi connectivity index (χ1n) is 2.19. The van der Waals surface area contributed by atoms with Gasteiger partial charge in [-0.25, -0.2) is 9.97 Å². The number of aromatic nitrogens is 2. The standard InChI is InChI=1S/C4H4FN3O/c5-9-4-3(6)7-1-2-8-4/h1-2H,(H2,6,7). The molecule has 0 unspecified atom stereocenters. The van der Waals surface area contributed by atoms with E-state index in [9.17, 15) is 4.53 Å². The maximum absolute atomic E-state index is 11.3. The predicted molar refractivity (Wildman–Crippen MR) is 28.2 cm³/mol. The van der Waals surface area contributed by atoms with E-state index in [0.29, 0.717) is 0 Å². The average Bonchev–Trinajstić information content (AvgIpc) is 1.89. The summed E-state index contributed by atoms with van der Waals surface area (Å²) in [6.45, 7) is 0. The van der Waals surface area contributed by atoms with Crippen LogP contribution in [0.1, 0.15) is 0 Å². The molecule has 0 amide bonds. The summed E-state index contributed by atoms with van der Waals surface area (Å²) in [6, 6.07) is 0. The van der Waals surface area contributed by atoms with Gasteiger partial charge in [0.1, 0.15) is 0 Å². The molecule has 4 nitrogen and oxygen atoms in total. The number of nitrogen functional groups attached to an aromatic ring is 1. The number of nitrogens with two attached hydrogens (primary N) is 1. The van der Waals surface area contributed by atoms with E-state index >= 15 is 0 Å². The molecule has 0 aromatic carbocycles. The first-order chi connectivity index (χ1) is 4.34. The van der Waals surface area contributed by atoms with E-state index in [1.807, 2.05) is 0 Å². The van der Waals surface area contributed by atoms with Crippen LogP contribution in [0.3, 0.4) is 0 Å². The third kappa shape index (κ3) is 1.04. The quantitative estimate of drug-likeness (QED) is 0.593. The van der Waals surface area contributed by atoms with Gasteiger partial charge in [0.25, 0.3) is 0 Å². The Balaban J connectivity index is 3.01. The van der Waals surface area contributed by atoms with Crippen molar-refractivity contribution in [3.63, 3.8) is 0 Å². The molecule has 1 aromatic rings. The topological polar surface area (TPSA) is 61.0 Å². The monoisotopic (exact) mass is 129 g/mol. The molecule has 0 bridgehead atoms. The molecule has 1 rings (SSSR count). The lowest BCUT2D eigenvalue weighted by molar-refractivity contribution is -0.0112. The maximum atomic E-state index is 11.3. The first-order valence-corrected chi connectivity index (χ1v) is 2.19. The molecule has 0 radical (unpaired) electrons. The van der Waals surface area contributed by atoms with Crippen LogP contribution in [0.4, 0.5) is 10.3 Å². The van der Waals surface area contributed by atoms with Crippen LogP contribution >= 0.6 is 0 Å². The molecule has 9 heavy (non-hydrogen) atoms. The molecule has 0 atom stereocenters. The van der Waals surface area contributed by atoms with Crippen LogP contribution in [0.15, 0.2) is 12.4 Å². The molecule has 1 heterocycles. The van der Waals surface area contributed by atoms with Crippen molar-refractivity contribution in [3.05, 3.63) is 12.4 Å². The minimum Gasteiger partial charge on any atom is -0.379 e. The minimum atomic E-state index is -0.294. The van der Waals surface area contributed by atoms with Crippen molar-refractivity contribution in [3.8, 4) is 5.88 Å². The van der Waals surface area contributed by atoms with Crippen molar-refractivity contribution in [1.82, 2.24) is 9.97 Å². The van der Waals surface area contributed by atoms with Crippen molar-refractivity contribution >= 4 is 5.82 Å². The van der Waals surface area contributed by atoms with Crippen LogP contribution in [-0.2, 0) is 0 Å². The highest BCUT2D eigenvalue weighted by Gasteiger charge is 1.99. The second kappa shape index (κ2) is 2.25. The van der Waals surface area contributed by atoms with Crippen LogP contribution < -0.4 is 10.7 Å². The number of rotatable bonds is 1. The summed E-state index contributed by atoms with van der Waals surface area (Å²) < 4.78 is 11.3. The van der Waals surface area contributed by atoms with E-state index in [1.165, 1.54) is 12.4 Å². The highest BCUT2D eigenvalue weighted by Crippen LogP contribution is 2.11. The van der Waals surface area contributed by atoms with E-state index in [-0.39, 0.29) is 11.7 Å². The molecule has 0 aliphatic heterocycles. The fourth-order valence-electron chi connectivity index (χ4n) is 0.395. The Labute approximate surface area is 50.4 Å². The molecule has 1 aromatic heterocycles. The van der Waals surface area contributed by atoms with E-state index in [2.05, 4.69) is 14.9 Å².